The van der Waals surface area contributed by atoms with Crippen LogP contribution in [0.3, 0.4) is 0 Å². The Labute approximate surface area is 70.8 Å². The SMILES string of the molecule is NC(N)=O.OCc1ccccc1. The first-order valence-corrected chi connectivity index (χ1v) is 3.36. The first kappa shape index (κ1) is 10.4. The van der Waals surface area contributed by atoms with Crippen molar-refractivity contribution in [2.75, 3.05) is 0 Å². The number of urea groups is 1. The number of hydrogen-bond donors (Lipinski definition) is 3. The van der Waals surface area contributed by atoms with E-state index < -0.39 is 6.03 Å². The number of primary amides is 2. The first-order chi connectivity index (χ1) is 5.66. The molecule has 12 heavy (non-hydrogen) atoms. The van der Waals surface area contributed by atoms with Crippen LogP contribution in [0, 0.1) is 0 Å². The molecular formula is C8H12N2O2. The summed E-state index contributed by atoms with van der Waals surface area (Å²) in [7, 11) is 0. The molecule has 0 fully saturated rings. The minimum absolute atomic E-state index is 0.140. The van der Waals surface area contributed by atoms with E-state index >= 15 is 0 Å². The number of carbonyl (C=O) groups is 1. The summed E-state index contributed by atoms with van der Waals surface area (Å²) in [5, 5.41) is 8.54. The number of benzene rings is 1. The molecule has 2 amide bonds. The first-order valence-electron chi connectivity index (χ1n) is 3.36. The molecule has 1 aromatic carbocycles. The van der Waals surface area contributed by atoms with Gasteiger partial charge in [-0.05, 0) is 5.56 Å². The second-order valence-corrected chi connectivity index (χ2v) is 2.05. The largest absolute Gasteiger partial charge is 0.392 e. The normalized spacial score (nSPS) is 8.08. The van der Waals surface area contributed by atoms with Gasteiger partial charge in [0.15, 0.2) is 0 Å². The minimum atomic E-state index is -0.833. The van der Waals surface area contributed by atoms with Gasteiger partial charge in [-0.2, -0.15) is 0 Å². The van der Waals surface area contributed by atoms with Crippen LogP contribution in [0.4, 0.5) is 4.79 Å². The molecule has 0 unspecified atom stereocenters. The lowest BCUT2D eigenvalue weighted by Gasteiger charge is -1.89. The average Bonchev–Trinajstić information content (AvgIpc) is 2.05. The molecule has 0 heterocycles. The van der Waals surface area contributed by atoms with Crippen LogP contribution in [0.25, 0.3) is 0 Å². The van der Waals surface area contributed by atoms with Gasteiger partial charge in [0.2, 0.25) is 0 Å². The van der Waals surface area contributed by atoms with E-state index in [2.05, 4.69) is 11.5 Å². The van der Waals surface area contributed by atoms with Crippen LogP contribution in [0.1, 0.15) is 5.56 Å². The van der Waals surface area contributed by atoms with E-state index in [0.29, 0.717) is 0 Å². The van der Waals surface area contributed by atoms with E-state index in [-0.39, 0.29) is 6.61 Å². The van der Waals surface area contributed by atoms with Crippen LogP contribution in [0.5, 0.6) is 0 Å². The summed E-state index contributed by atoms with van der Waals surface area (Å²) in [6, 6.07) is 8.69. The standard InChI is InChI=1S/C7H8O.CH4N2O/c8-6-7-4-2-1-3-5-7;2-1(3)4/h1-5,8H,6H2;(H4,2,3,4). The second kappa shape index (κ2) is 6.18. The zero-order chi connectivity index (χ0) is 9.40. The number of carbonyl (C=O) groups excluding carboxylic acids is 1. The summed E-state index contributed by atoms with van der Waals surface area (Å²) in [5.74, 6) is 0. The maximum Gasteiger partial charge on any atom is 0.309 e. The predicted molar refractivity (Wildman–Crippen MR) is 46.1 cm³/mol. The van der Waals surface area contributed by atoms with Crippen molar-refractivity contribution in [3.63, 3.8) is 0 Å². The van der Waals surface area contributed by atoms with Crippen LogP contribution in [0.15, 0.2) is 30.3 Å². The van der Waals surface area contributed by atoms with Gasteiger partial charge < -0.3 is 16.6 Å². The molecule has 0 radical (unpaired) electrons. The van der Waals surface area contributed by atoms with E-state index in [1.54, 1.807) is 0 Å². The highest BCUT2D eigenvalue weighted by molar-refractivity contribution is 5.69. The van der Waals surface area contributed by atoms with Gasteiger partial charge in [0.25, 0.3) is 0 Å². The summed E-state index contributed by atoms with van der Waals surface area (Å²) in [4.78, 5) is 9.00. The summed E-state index contributed by atoms with van der Waals surface area (Å²) in [6.07, 6.45) is 0. The van der Waals surface area contributed by atoms with Gasteiger partial charge in [-0.1, -0.05) is 30.3 Å². The zero-order valence-corrected chi connectivity index (χ0v) is 6.60. The minimum Gasteiger partial charge on any atom is -0.392 e. The zero-order valence-electron chi connectivity index (χ0n) is 6.60. The molecule has 4 heteroatoms. The fraction of sp³-hybridized carbons (Fsp3) is 0.125. The maximum atomic E-state index is 9.00. The van der Waals surface area contributed by atoms with Crippen molar-refractivity contribution >= 4 is 6.03 Å². The number of nitrogens with two attached hydrogens (primary N) is 2. The molecule has 0 aromatic heterocycles. The Morgan fingerprint density at radius 2 is 1.67 bits per heavy atom. The Bertz CT molecular complexity index is 220. The molecule has 5 N–H and O–H groups in total. The van der Waals surface area contributed by atoms with Crippen molar-refractivity contribution in [2.24, 2.45) is 11.5 Å². The maximum absolute atomic E-state index is 9.00. The summed E-state index contributed by atoms with van der Waals surface area (Å²) >= 11 is 0. The molecule has 0 bridgehead atoms. The Morgan fingerprint density at radius 1 is 1.25 bits per heavy atom. The van der Waals surface area contributed by atoms with Gasteiger partial charge in [-0.25, -0.2) is 4.79 Å². The van der Waals surface area contributed by atoms with Crippen LogP contribution in [-0.2, 0) is 6.61 Å². The number of hydrogen-bond acceptors (Lipinski definition) is 2. The lowest BCUT2D eigenvalue weighted by atomic mass is 10.2. The number of rotatable bonds is 1. The Hall–Kier alpha value is -1.55. The Balaban J connectivity index is 0.000000261. The summed E-state index contributed by atoms with van der Waals surface area (Å²) < 4.78 is 0. The highest BCUT2D eigenvalue weighted by atomic mass is 16.3. The molecule has 0 aliphatic heterocycles. The monoisotopic (exact) mass is 168 g/mol. The van der Waals surface area contributed by atoms with Gasteiger partial charge in [-0.15, -0.1) is 0 Å². The molecular weight excluding hydrogens is 156 g/mol. The number of aliphatic hydroxyl groups is 1. The Kier molecular flexibility index (Phi) is 5.38. The molecule has 0 aliphatic carbocycles. The van der Waals surface area contributed by atoms with Gasteiger partial charge in [0, 0.05) is 0 Å². The molecule has 1 aromatic rings. The van der Waals surface area contributed by atoms with Crippen molar-refractivity contribution in [3.8, 4) is 0 Å². The third-order valence-corrected chi connectivity index (χ3v) is 1.03. The quantitative estimate of drug-likeness (QED) is 0.559. The molecule has 66 valence electrons. The molecule has 0 saturated heterocycles. The van der Waals surface area contributed by atoms with Crippen molar-refractivity contribution in [2.45, 2.75) is 6.61 Å². The molecule has 0 saturated carbocycles. The van der Waals surface area contributed by atoms with Crippen LogP contribution >= 0.6 is 0 Å². The average molecular weight is 168 g/mol. The smallest absolute Gasteiger partial charge is 0.309 e. The fourth-order valence-corrected chi connectivity index (χ4v) is 0.583. The highest BCUT2D eigenvalue weighted by Gasteiger charge is 1.81. The van der Waals surface area contributed by atoms with Crippen LogP contribution in [-0.4, -0.2) is 11.1 Å². The van der Waals surface area contributed by atoms with E-state index in [9.17, 15) is 0 Å². The molecule has 0 atom stereocenters. The highest BCUT2D eigenvalue weighted by Crippen LogP contribution is 1.95. The van der Waals surface area contributed by atoms with Crippen molar-refractivity contribution in [1.82, 2.24) is 0 Å². The van der Waals surface area contributed by atoms with Crippen molar-refractivity contribution in [3.05, 3.63) is 35.9 Å². The van der Waals surface area contributed by atoms with Crippen LogP contribution in [0.2, 0.25) is 0 Å². The fourth-order valence-electron chi connectivity index (χ4n) is 0.583. The van der Waals surface area contributed by atoms with Crippen molar-refractivity contribution in [1.29, 1.82) is 0 Å². The van der Waals surface area contributed by atoms with Gasteiger partial charge in [-0.3, -0.25) is 0 Å². The molecule has 0 spiro atoms. The molecule has 0 aliphatic rings. The van der Waals surface area contributed by atoms with E-state index in [4.69, 9.17) is 9.90 Å². The molecule has 1 rings (SSSR count). The predicted octanol–water partition coefficient (Wildman–Crippen LogP) is 0.203. The van der Waals surface area contributed by atoms with Gasteiger partial charge >= 0.3 is 6.03 Å². The number of amides is 2. The lowest BCUT2D eigenvalue weighted by molar-refractivity contribution is 0.256. The van der Waals surface area contributed by atoms with Crippen molar-refractivity contribution < 1.29 is 9.90 Å². The van der Waals surface area contributed by atoms with Crippen LogP contribution < -0.4 is 11.5 Å². The van der Waals surface area contributed by atoms with E-state index in [1.165, 1.54) is 0 Å². The summed E-state index contributed by atoms with van der Waals surface area (Å²) in [6.45, 7) is 0.140. The lowest BCUT2D eigenvalue weighted by Crippen LogP contribution is -2.18. The van der Waals surface area contributed by atoms with Gasteiger partial charge in [0.05, 0.1) is 6.61 Å². The van der Waals surface area contributed by atoms with E-state index in [1.807, 2.05) is 30.3 Å². The Morgan fingerprint density at radius 3 is 1.92 bits per heavy atom. The second-order valence-electron chi connectivity index (χ2n) is 2.05. The van der Waals surface area contributed by atoms with Gasteiger partial charge in [0.1, 0.15) is 0 Å². The molecule has 4 nitrogen and oxygen atoms in total. The summed E-state index contributed by atoms with van der Waals surface area (Å²) in [5.41, 5.74) is 9.47. The number of aliphatic hydroxyl groups excluding tert-OH is 1. The topological polar surface area (TPSA) is 89.3 Å². The third-order valence-electron chi connectivity index (χ3n) is 1.03. The van der Waals surface area contributed by atoms with E-state index in [0.717, 1.165) is 5.56 Å². The third kappa shape index (κ3) is 6.57.